The number of aryl methyl sites for hydroxylation is 1. The molecule has 2 rings (SSSR count). The number of rotatable bonds is 2. The number of benzene rings is 1. The van der Waals surface area contributed by atoms with Gasteiger partial charge in [0, 0.05) is 7.05 Å². The Balaban J connectivity index is 2.60. The van der Waals surface area contributed by atoms with Crippen molar-refractivity contribution in [2.24, 2.45) is 7.05 Å². The highest BCUT2D eigenvalue weighted by Gasteiger charge is 2.17. The maximum atomic E-state index is 11.6. The number of esters is 1. The van der Waals surface area contributed by atoms with Gasteiger partial charge in [-0.2, -0.15) is 0 Å². The SMILES string of the molecule is CCOC(=O)c1nc2c(N)cccc2n1C. The summed E-state index contributed by atoms with van der Waals surface area (Å²) in [5.74, 6) is -0.157. The molecule has 16 heavy (non-hydrogen) atoms. The van der Waals surface area contributed by atoms with Crippen molar-refractivity contribution in [2.75, 3.05) is 12.3 Å². The standard InChI is InChI=1S/C11H13N3O2/c1-3-16-11(15)10-13-9-7(12)5-4-6-8(9)14(10)2/h4-6H,3,12H2,1-2H3. The fraction of sp³-hybridized carbons (Fsp3) is 0.273. The summed E-state index contributed by atoms with van der Waals surface area (Å²) in [6.07, 6.45) is 0. The van der Waals surface area contributed by atoms with Crippen LogP contribution in [0.2, 0.25) is 0 Å². The second-order valence-corrected chi connectivity index (χ2v) is 3.43. The molecular formula is C11H13N3O2. The zero-order chi connectivity index (χ0) is 11.7. The number of nitrogens with two attached hydrogens (primary N) is 1. The lowest BCUT2D eigenvalue weighted by atomic mass is 10.3. The number of hydrogen-bond donors (Lipinski definition) is 1. The molecule has 0 amide bonds. The Morgan fingerprint density at radius 2 is 2.31 bits per heavy atom. The number of imidazole rings is 1. The van der Waals surface area contributed by atoms with Gasteiger partial charge in [-0.1, -0.05) is 6.07 Å². The Bertz CT molecular complexity index is 545. The summed E-state index contributed by atoms with van der Waals surface area (Å²) in [7, 11) is 1.76. The van der Waals surface area contributed by atoms with Crippen LogP contribution in [0.25, 0.3) is 11.0 Å². The highest BCUT2D eigenvalue weighted by Crippen LogP contribution is 2.20. The van der Waals surface area contributed by atoms with Gasteiger partial charge in [0.05, 0.1) is 17.8 Å². The van der Waals surface area contributed by atoms with Crippen LogP contribution in [0.3, 0.4) is 0 Å². The molecule has 0 aliphatic rings. The second-order valence-electron chi connectivity index (χ2n) is 3.43. The molecule has 5 nitrogen and oxygen atoms in total. The van der Waals surface area contributed by atoms with Crippen LogP contribution in [0.15, 0.2) is 18.2 Å². The third kappa shape index (κ3) is 1.50. The predicted molar refractivity (Wildman–Crippen MR) is 61.1 cm³/mol. The number of aromatic nitrogens is 2. The lowest BCUT2D eigenvalue weighted by Gasteiger charge is -2.01. The van der Waals surface area contributed by atoms with Crippen molar-refractivity contribution in [3.63, 3.8) is 0 Å². The van der Waals surface area contributed by atoms with Gasteiger partial charge in [0.25, 0.3) is 0 Å². The summed E-state index contributed by atoms with van der Waals surface area (Å²) in [5, 5.41) is 0. The summed E-state index contributed by atoms with van der Waals surface area (Å²) in [5.41, 5.74) is 7.80. The normalized spacial score (nSPS) is 10.6. The molecule has 0 atom stereocenters. The number of nitrogens with zero attached hydrogens (tertiary/aromatic N) is 2. The molecule has 1 aromatic heterocycles. The van der Waals surface area contributed by atoms with Crippen LogP contribution < -0.4 is 5.73 Å². The molecule has 0 unspecified atom stereocenters. The van der Waals surface area contributed by atoms with Crippen molar-refractivity contribution >= 4 is 22.7 Å². The molecule has 0 saturated carbocycles. The maximum Gasteiger partial charge on any atom is 0.374 e. The van der Waals surface area contributed by atoms with Crippen molar-refractivity contribution in [1.82, 2.24) is 9.55 Å². The Morgan fingerprint density at radius 1 is 1.56 bits per heavy atom. The van der Waals surface area contributed by atoms with Crippen molar-refractivity contribution < 1.29 is 9.53 Å². The number of ether oxygens (including phenoxy) is 1. The molecule has 1 heterocycles. The zero-order valence-electron chi connectivity index (χ0n) is 9.23. The minimum absolute atomic E-state index is 0.273. The molecule has 0 spiro atoms. The van der Waals surface area contributed by atoms with Crippen molar-refractivity contribution in [1.29, 1.82) is 0 Å². The fourth-order valence-corrected chi connectivity index (χ4v) is 1.61. The average Bonchev–Trinajstić information content (AvgIpc) is 2.59. The van der Waals surface area contributed by atoms with Crippen molar-refractivity contribution in [3.05, 3.63) is 24.0 Å². The van der Waals surface area contributed by atoms with Gasteiger partial charge < -0.3 is 15.0 Å². The van der Waals surface area contributed by atoms with Gasteiger partial charge in [0.2, 0.25) is 5.82 Å². The van der Waals surface area contributed by atoms with Gasteiger partial charge in [-0.25, -0.2) is 9.78 Å². The number of nitrogen functional groups attached to an aromatic ring is 1. The topological polar surface area (TPSA) is 70.1 Å². The maximum absolute atomic E-state index is 11.6. The summed E-state index contributed by atoms with van der Waals surface area (Å²) < 4.78 is 6.60. The van der Waals surface area contributed by atoms with Gasteiger partial charge in [0.1, 0.15) is 5.52 Å². The lowest BCUT2D eigenvalue weighted by molar-refractivity contribution is 0.0508. The lowest BCUT2D eigenvalue weighted by Crippen LogP contribution is -2.11. The van der Waals surface area contributed by atoms with Crippen LogP contribution in [-0.2, 0) is 11.8 Å². The monoisotopic (exact) mass is 219 g/mol. The predicted octanol–water partition coefficient (Wildman–Crippen LogP) is 1.33. The highest BCUT2D eigenvalue weighted by molar-refractivity contribution is 5.94. The third-order valence-electron chi connectivity index (χ3n) is 2.40. The first-order valence-electron chi connectivity index (χ1n) is 5.03. The van der Waals surface area contributed by atoms with E-state index in [9.17, 15) is 4.79 Å². The van der Waals surface area contributed by atoms with E-state index in [4.69, 9.17) is 10.5 Å². The van der Waals surface area contributed by atoms with Crippen molar-refractivity contribution in [2.45, 2.75) is 6.92 Å². The number of hydrogen-bond acceptors (Lipinski definition) is 4. The summed E-state index contributed by atoms with van der Waals surface area (Å²) in [6, 6.07) is 5.44. The van der Waals surface area contributed by atoms with Gasteiger partial charge in [-0.3, -0.25) is 0 Å². The number of carbonyl (C=O) groups excluding carboxylic acids is 1. The molecule has 0 saturated heterocycles. The zero-order valence-corrected chi connectivity index (χ0v) is 9.23. The number of anilines is 1. The van der Waals surface area contributed by atoms with E-state index in [0.29, 0.717) is 17.8 Å². The van der Waals surface area contributed by atoms with Crippen LogP contribution >= 0.6 is 0 Å². The summed E-state index contributed by atoms with van der Waals surface area (Å²) in [4.78, 5) is 15.8. The Hall–Kier alpha value is -2.04. The molecule has 2 N–H and O–H groups in total. The molecule has 0 aliphatic heterocycles. The van der Waals surface area contributed by atoms with Gasteiger partial charge in [-0.15, -0.1) is 0 Å². The summed E-state index contributed by atoms with van der Waals surface area (Å²) in [6.45, 7) is 2.09. The molecule has 0 aliphatic carbocycles. The van der Waals surface area contributed by atoms with E-state index in [1.165, 1.54) is 0 Å². The molecule has 1 aromatic carbocycles. The molecule has 0 bridgehead atoms. The average molecular weight is 219 g/mol. The van der Waals surface area contributed by atoms with Crippen LogP contribution in [-0.4, -0.2) is 22.1 Å². The molecule has 84 valence electrons. The Kier molecular flexibility index (Phi) is 2.52. The summed E-state index contributed by atoms with van der Waals surface area (Å²) >= 11 is 0. The molecule has 2 aromatic rings. The van der Waals surface area contributed by atoms with E-state index in [2.05, 4.69) is 4.98 Å². The number of fused-ring (bicyclic) bond motifs is 1. The van der Waals surface area contributed by atoms with E-state index >= 15 is 0 Å². The van der Waals surface area contributed by atoms with Crippen LogP contribution in [0.5, 0.6) is 0 Å². The van der Waals surface area contributed by atoms with Gasteiger partial charge in [-0.05, 0) is 19.1 Å². The van der Waals surface area contributed by atoms with Crippen LogP contribution in [0, 0.1) is 0 Å². The molecular weight excluding hydrogens is 206 g/mol. The van der Waals surface area contributed by atoms with E-state index in [-0.39, 0.29) is 5.82 Å². The third-order valence-corrected chi connectivity index (χ3v) is 2.40. The van der Waals surface area contributed by atoms with Crippen LogP contribution in [0.1, 0.15) is 17.5 Å². The minimum atomic E-state index is -0.430. The van der Waals surface area contributed by atoms with E-state index in [0.717, 1.165) is 5.52 Å². The Labute approximate surface area is 92.8 Å². The second kappa shape index (κ2) is 3.84. The first-order valence-corrected chi connectivity index (χ1v) is 5.03. The smallest absolute Gasteiger partial charge is 0.374 e. The Morgan fingerprint density at radius 3 is 2.94 bits per heavy atom. The minimum Gasteiger partial charge on any atom is -0.460 e. The molecule has 5 heteroatoms. The quantitative estimate of drug-likeness (QED) is 0.611. The first-order chi connectivity index (χ1) is 7.65. The van der Waals surface area contributed by atoms with Crippen molar-refractivity contribution in [3.8, 4) is 0 Å². The largest absolute Gasteiger partial charge is 0.460 e. The van der Waals surface area contributed by atoms with Gasteiger partial charge >= 0.3 is 5.97 Å². The van der Waals surface area contributed by atoms with Gasteiger partial charge in [0.15, 0.2) is 0 Å². The molecule has 0 fully saturated rings. The number of para-hydroxylation sites is 1. The highest BCUT2D eigenvalue weighted by atomic mass is 16.5. The van der Waals surface area contributed by atoms with E-state index in [1.807, 2.05) is 12.1 Å². The molecule has 0 radical (unpaired) electrons. The number of carbonyl (C=O) groups is 1. The fourth-order valence-electron chi connectivity index (χ4n) is 1.61. The van der Waals surface area contributed by atoms with Crippen LogP contribution in [0.4, 0.5) is 5.69 Å². The first kappa shape index (κ1) is 10.5. The van der Waals surface area contributed by atoms with E-state index < -0.39 is 5.97 Å². The van der Waals surface area contributed by atoms with E-state index in [1.54, 1.807) is 24.6 Å².